The van der Waals surface area contributed by atoms with Crippen LogP contribution in [0.1, 0.15) is 18.9 Å². The van der Waals surface area contributed by atoms with Gasteiger partial charge >= 0.3 is 0 Å². The number of hydrogen-bond donors (Lipinski definition) is 3. The van der Waals surface area contributed by atoms with Gasteiger partial charge in [-0.3, -0.25) is 5.10 Å². The molecule has 0 amide bonds. The third-order valence-electron chi connectivity index (χ3n) is 2.54. The lowest BCUT2D eigenvalue weighted by molar-refractivity contribution is 0.412. The van der Waals surface area contributed by atoms with Crippen molar-refractivity contribution < 1.29 is 8.42 Å². The normalized spacial score (nSPS) is 12.2. The largest absolute Gasteiger partial charge is 0.313 e. The summed E-state index contributed by atoms with van der Waals surface area (Å²) in [6.07, 6.45) is 2.55. The number of aromatic nitrogens is 2. The molecule has 1 aromatic heterocycles. The van der Waals surface area contributed by atoms with Crippen LogP contribution in [-0.4, -0.2) is 57.2 Å². The van der Waals surface area contributed by atoms with Gasteiger partial charge in [-0.1, -0.05) is 6.92 Å². The molecule has 0 fully saturated rings. The average Bonchev–Trinajstić information content (AvgIpc) is 2.77. The monoisotopic (exact) mass is 289 g/mol. The van der Waals surface area contributed by atoms with E-state index in [-0.39, 0.29) is 5.03 Å². The van der Waals surface area contributed by atoms with Gasteiger partial charge in [-0.05, 0) is 27.1 Å². The summed E-state index contributed by atoms with van der Waals surface area (Å²) in [5.74, 6) is 0. The number of H-pyrrole nitrogens is 1. The molecule has 1 rings (SSSR count). The summed E-state index contributed by atoms with van der Waals surface area (Å²) < 4.78 is 26.8. The van der Waals surface area contributed by atoms with Crippen LogP contribution in [0.4, 0.5) is 0 Å². The molecular formula is C11H23N5O2S. The summed E-state index contributed by atoms with van der Waals surface area (Å²) in [6.45, 7) is 4.42. The molecule has 1 heterocycles. The molecule has 7 nitrogen and oxygen atoms in total. The molecule has 0 aliphatic rings. The number of hydrogen-bond acceptors (Lipinski definition) is 5. The molecule has 0 aromatic carbocycles. The number of sulfonamides is 1. The van der Waals surface area contributed by atoms with Gasteiger partial charge in [-0.15, -0.1) is 0 Å². The van der Waals surface area contributed by atoms with Gasteiger partial charge in [0.25, 0.3) is 10.0 Å². The van der Waals surface area contributed by atoms with Crippen molar-refractivity contribution in [1.82, 2.24) is 25.1 Å². The second-order valence-electron chi connectivity index (χ2n) is 4.60. The van der Waals surface area contributed by atoms with Crippen molar-refractivity contribution in [1.29, 1.82) is 0 Å². The van der Waals surface area contributed by atoms with Crippen molar-refractivity contribution >= 4 is 10.0 Å². The van der Waals surface area contributed by atoms with E-state index in [1.54, 1.807) is 6.20 Å². The smallest absolute Gasteiger partial charge is 0.257 e. The quantitative estimate of drug-likeness (QED) is 0.545. The average molecular weight is 289 g/mol. The van der Waals surface area contributed by atoms with Crippen LogP contribution in [0, 0.1) is 0 Å². The Morgan fingerprint density at radius 2 is 2.11 bits per heavy atom. The zero-order chi connectivity index (χ0) is 14.3. The Morgan fingerprint density at radius 1 is 1.37 bits per heavy atom. The number of nitrogens with zero attached hydrogens (tertiary/aromatic N) is 2. The third-order valence-corrected chi connectivity index (χ3v) is 4.02. The van der Waals surface area contributed by atoms with E-state index in [4.69, 9.17) is 0 Å². The van der Waals surface area contributed by atoms with E-state index in [9.17, 15) is 8.42 Å². The van der Waals surface area contributed by atoms with Crippen LogP contribution in [0.15, 0.2) is 11.2 Å². The van der Waals surface area contributed by atoms with Gasteiger partial charge in [-0.25, -0.2) is 13.1 Å². The summed E-state index contributed by atoms with van der Waals surface area (Å²) in [4.78, 5) is 1.92. The molecule has 0 radical (unpaired) electrons. The highest BCUT2D eigenvalue weighted by atomic mass is 32.2. The van der Waals surface area contributed by atoms with Crippen LogP contribution in [0.3, 0.4) is 0 Å². The molecule has 0 aliphatic carbocycles. The molecule has 3 N–H and O–H groups in total. The predicted molar refractivity (Wildman–Crippen MR) is 74.3 cm³/mol. The predicted octanol–water partition coefficient (Wildman–Crippen LogP) is -0.251. The number of likely N-dealkylation sites (N-methyl/N-ethyl adjacent to an activating group) is 1. The molecule has 0 bridgehead atoms. The highest BCUT2D eigenvalue weighted by molar-refractivity contribution is 7.89. The van der Waals surface area contributed by atoms with E-state index in [2.05, 4.69) is 27.2 Å². The SMILES string of the molecule is CCCNCc1cn[nH]c1S(=O)(=O)NCCN(C)C. The molecule has 0 atom stereocenters. The van der Waals surface area contributed by atoms with E-state index < -0.39 is 10.0 Å². The summed E-state index contributed by atoms with van der Waals surface area (Å²) >= 11 is 0. The van der Waals surface area contributed by atoms with Crippen LogP contribution in [0.25, 0.3) is 0 Å². The summed E-state index contributed by atoms with van der Waals surface area (Å²) in [7, 11) is 0.272. The van der Waals surface area contributed by atoms with Crippen LogP contribution in [0.2, 0.25) is 0 Å². The first-order valence-electron chi connectivity index (χ1n) is 6.34. The van der Waals surface area contributed by atoms with Crippen molar-refractivity contribution in [2.45, 2.75) is 24.9 Å². The number of nitrogens with one attached hydrogen (secondary N) is 3. The zero-order valence-electron chi connectivity index (χ0n) is 11.7. The van der Waals surface area contributed by atoms with E-state index in [1.165, 1.54) is 0 Å². The fraction of sp³-hybridized carbons (Fsp3) is 0.727. The molecule has 19 heavy (non-hydrogen) atoms. The summed E-state index contributed by atoms with van der Waals surface area (Å²) in [5.41, 5.74) is 0.658. The van der Waals surface area contributed by atoms with E-state index in [1.807, 2.05) is 19.0 Å². The van der Waals surface area contributed by atoms with E-state index in [0.717, 1.165) is 13.0 Å². The number of aromatic amines is 1. The van der Waals surface area contributed by atoms with Crippen molar-refractivity contribution in [3.63, 3.8) is 0 Å². The van der Waals surface area contributed by atoms with Crippen LogP contribution in [-0.2, 0) is 16.6 Å². The van der Waals surface area contributed by atoms with E-state index in [0.29, 0.717) is 25.2 Å². The first-order valence-corrected chi connectivity index (χ1v) is 7.83. The highest BCUT2D eigenvalue weighted by Gasteiger charge is 2.19. The van der Waals surface area contributed by atoms with Gasteiger partial charge in [0.1, 0.15) is 0 Å². The van der Waals surface area contributed by atoms with E-state index >= 15 is 0 Å². The standard InChI is InChI=1S/C11H23N5O2S/c1-4-5-12-8-10-9-13-15-11(10)19(17,18)14-6-7-16(2)3/h9,12,14H,4-8H2,1-3H3,(H,13,15). The van der Waals surface area contributed by atoms with Gasteiger partial charge in [0.05, 0.1) is 6.20 Å². The highest BCUT2D eigenvalue weighted by Crippen LogP contribution is 2.11. The van der Waals surface area contributed by atoms with Crippen molar-refractivity contribution in [3.8, 4) is 0 Å². The summed E-state index contributed by atoms with van der Waals surface area (Å²) in [6, 6.07) is 0. The minimum absolute atomic E-state index is 0.148. The summed E-state index contributed by atoms with van der Waals surface area (Å²) in [5, 5.41) is 9.68. The minimum Gasteiger partial charge on any atom is -0.313 e. The first kappa shape index (κ1) is 16.1. The van der Waals surface area contributed by atoms with Crippen LogP contribution >= 0.6 is 0 Å². The van der Waals surface area contributed by atoms with Gasteiger partial charge in [0.15, 0.2) is 5.03 Å². The molecule has 0 unspecified atom stereocenters. The maximum Gasteiger partial charge on any atom is 0.257 e. The Hall–Kier alpha value is -0.960. The van der Waals surface area contributed by atoms with Crippen molar-refractivity contribution in [2.75, 3.05) is 33.7 Å². The van der Waals surface area contributed by atoms with Crippen molar-refractivity contribution in [3.05, 3.63) is 11.8 Å². The Balaban J connectivity index is 2.64. The fourth-order valence-corrected chi connectivity index (χ4v) is 2.68. The Labute approximate surface area is 114 Å². The van der Waals surface area contributed by atoms with Crippen molar-refractivity contribution in [2.24, 2.45) is 0 Å². The molecule has 0 saturated carbocycles. The molecule has 8 heteroatoms. The Bertz CT molecular complexity index is 469. The molecule has 1 aromatic rings. The molecule has 0 aliphatic heterocycles. The van der Waals surface area contributed by atoms with Gasteiger partial charge in [0, 0.05) is 25.2 Å². The fourth-order valence-electron chi connectivity index (χ4n) is 1.53. The zero-order valence-corrected chi connectivity index (χ0v) is 12.5. The Morgan fingerprint density at radius 3 is 2.74 bits per heavy atom. The lowest BCUT2D eigenvalue weighted by atomic mass is 10.3. The Kier molecular flexibility index (Phi) is 6.43. The third kappa shape index (κ3) is 5.27. The molecule has 0 saturated heterocycles. The lowest BCUT2D eigenvalue weighted by Crippen LogP contribution is -2.32. The van der Waals surface area contributed by atoms with Gasteiger partial charge in [-0.2, -0.15) is 5.10 Å². The maximum absolute atomic E-state index is 12.1. The second kappa shape index (κ2) is 7.59. The maximum atomic E-state index is 12.1. The van der Waals surface area contributed by atoms with Gasteiger partial charge < -0.3 is 10.2 Å². The molecule has 0 spiro atoms. The topological polar surface area (TPSA) is 90.1 Å². The van der Waals surface area contributed by atoms with Crippen LogP contribution < -0.4 is 10.0 Å². The lowest BCUT2D eigenvalue weighted by Gasteiger charge is -2.11. The first-order chi connectivity index (χ1) is 8.97. The van der Waals surface area contributed by atoms with Crippen LogP contribution in [0.5, 0.6) is 0 Å². The number of rotatable bonds is 9. The molecule has 110 valence electrons. The molecular weight excluding hydrogens is 266 g/mol. The second-order valence-corrected chi connectivity index (χ2v) is 6.31. The van der Waals surface area contributed by atoms with Gasteiger partial charge in [0.2, 0.25) is 0 Å². The minimum atomic E-state index is -3.52.